The minimum absolute atomic E-state index is 0.0413. The van der Waals surface area contributed by atoms with Crippen LogP contribution in [-0.4, -0.2) is 58.6 Å². The Kier molecular flexibility index (Phi) is 7.51. The number of fused-ring (bicyclic) bond motifs is 3. The van der Waals surface area contributed by atoms with Gasteiger partial charge in [-0.15, -0.1) is 16.3 Å². The Labute approximate surface area is 232 Å². The summed E-state index contributed by atoms with van der Waals surface area (Å²) in [6.45, 7) is 8.46. The molecule has 39 heavy (non-hydrogen) atoms. The van der Waals surface area contributed by atoms with E-state index in [1.165, 1.54) is 5.01 Å². The average Bonchev–Trinajstić information content (AvgIpc) is 3.23. The molecule has 3 heterocycles. The van der Waals surface area contributed by atoms with Crippen LogP contribution in [0.25, 0.3) is 16.3 Å². The van der Waals surface area contributed by atoms with Gasteiger partial charge in [-0.1, -0.05) is 11.6 Å². The molecule has 0 bridgehead atoms. The molecule has 3 aromatic rings. The van der Waals surface area contributed by atoms with E-state index in [-0.39, 0.29) is 23.8 Å². The number of nitrogens with one attached hydrogen (secondary N) is 1. The van der Waals surface area contributed by atoms with E-state index in [4.69, 9.17) is 10.5 Å². The Balaban J connectivity index is 1.47. The molecule has 10 nitrogen and oxygen atoms in total. The normalized spacial score (nSPS) is 18.6. The molecule has 12 heteroatoms. The lowest BCUT2D eigenvalue weighted by atomic mass is 9.93. The number of nitroso groups, excluding NO2 is 1. The molecule has 1 aliphatic heterocycles. The van der Waals surface area contributed by atoms with Gasteiger partial charge in [-0.2, -0.15) is 0 Å². The molecule has 0 radical (unpaired) electrons. The number of hydrogen-bond acceptors (Lipinski definition) is 9. The van der Waals surface area contributed by atoms with Gasteiger partial charge in [-0.05, 0) is 57.7 Å². The Hall–Kier alpha value is -3.25. The molecule has 1 aliphatic carbocycles. The van der Waals surface area contributed by atoms with Crippen LogP contribution in [-0.2, 0) is 22.7 Å². The molecular formula is C27H35N6O4S2+. The van der Waals surface area contributed by atoms with Gasteiger partial charge in [0.05, 0.1) is 40.8 Å². The number of aryl methyl sites for hydroxylation is 1. The van der Waals surface area contributed by atoms with E-state index in [0.717, 1.165) is 42.4 Å². The molecule has 1 saturated heterocycles. The summed E-state index contributed by atoms with van der Waals surface area (Å²) in [5, 5.41) is 5.88. The number of hydrogen-bond donors (Lipinski definition) is 2. The van der Waals surface area contributed by atoms with Crippen molar-refractivity contribution in [3.8, 4) is 5.75 Å². The summed E-state index contributed by atoms with van der Waals surface area (Å²) < 4.78 is 30.2. The molecule has 0 amide bonds. The number of aromatic nitrogens is 2. The summed E-state index contributed by atoms with van der Waals surface area (Å²) >= 11 is 1.57. The predicted molar refractivity (Wildman–Crippen MR) is 156 cm³/mol. The Morgan fingerprint density at radius 1 is 1.31 bits per heavy atom. The SMILES string of the molecule is CC(C)=Cc1cc(Nc2ncnc3sc4c(c23)CCC([N+](=O)N2CCCS(=O)(=O)C2)C4)c(OC(C)C)cc1N. The second kappa shape index (κ2) is 10.7. The van der Waals surface area contributed by atoms with Crippen molar-refractivity contribution in [1.82, 2.24) is 15.0 Å². The smallest absolute Gasteiger partial charge is 0.239 e. The first-order valence-electron chi connectivity index (χ1n) is 13.2. The summed E-state index contributed by atoms with van der Waals surface area (Å²) in [7, 11) is -3.22. The first kappa shape index (κ1) is 27.3. The number of nitrogens with two attached hydrogens (primary N) is 1. The molecule has 0 spiro atoms. The molecule has 3 N–H and O–H groups in total. The van der Waals surface area contributed by atoms with Gasteiger partial charge in [-0.3, -0.25) is 0 Å². The number of sulfone groups is 1. The number of hydrazine groups is 1. The first-order valence-corrected chi connectivity index (χ1v) is 15.8. The first-order chi connectivity index (χ1) is 18.5. The number of anilines is 3. The number of nitrogen functional groups attached to an aromatic ring is 1. The van der Waals surface area contributed by atoms with E-state index in [1.807, 2.05) is 45.9 Å². The van der Waals surface area contributed by atoms with Crippen LogP contribution < -0.4 is 15.8 Å². The molecule has 2 aliphatic rings. The minimum atomic E-state index is -3.22. The largest absolute Gasteiger partial charge is 0.489 e. The molecule has 1 unspecified atom stereocenters. The van der Waals surface area contributed by atoms with Gasteiger partial charge < -0.3 is 15.8 Å². The summed E-state index contributed by atoms with van der Waals surface area (Å²) in [5.74, 6) is 1.26. The predicted octanol–water partition coefficient (Wildman–Crippen LogP) is 4.86. The summed E-state index contributed by atoms with van der Waals surface area (Å²) in [5.41, 5.74) is 10.9. The highest BCUT2D eigenvalue weighted by molar-refractivity contribution is 7.91. The zero-order chi connectivity index (χ0) is 27.9. The van der Waals surface area contributed by atoms with Crippen molar-refractivity contribution in [3.05, 3.63) is 44.9 Å². The van der Waals surface area contributed by atoms with E-state index >= 15 is 0 Å². The van der Waals surface area contributed by atoms with Crippen LogP contribution in [0.4, 0.5) is 17.2 Å². The molecule has 208 valence electrons. The number of thiophene rings is 1. The zero-order valence-corrected chi connectivity index (χ0v) is 24.4. The van der Waals surface area contributed by atoms with Crippen LogP contribution in [0.1, 0.15) is 56.5 Å². The summed E-state index contributed by atoms with van der Waals surface area (Å²) in [6.07, 6.45) is 5.87. The van der Waals surface area contributed by atoms with Crippen LogP contribution in [0.2, 0.25) is 0 Å². The molecule has 1 atom stereocenters. The van der Waals surface area contributed by atoms with Gasteiger partial charge in [0.15, 0.2) is 15.7 Å². The van der Waals surface area contributed by atoms with E-state index in [0.29, 0.717) is 49.5 Å². The third-order valence-corrected chi connectivity index (χ3v) is 9.64. The van der Waals surface area contributed by atoms with E-state index < -0.39 is 9.84 Å². The highest BCUT2D eigenvalue weighted by Crippen LogP contribution is 2.41. The molecule has 1 aromatic carbocycles. The van der Waals surface area contributed by atoms with Crippen molar-refractivity contribution in [2.24, 2.45) is 0 Å². The Morgan fingerprint density at radius 3 is 2.82 bits per heavy atom. The van der Waals surface area contributed by atoms with Gasteiger partial charge in [0.2, 0.25) is 6.04 Å². The van der Waals surface area contributed by atoms with Gasteiger partial charge in [0.1, 0.15) is 27.6 Å². The Bertz CT molecular complexity index is 1560. The lowest BCUT2D eigenvalue weighted by Crippen LogP contribution is -2.48. The quantitative estimate of drug-likeness (QED) is 0.302. The fourth-order valence-electron chi connectivity index (χ4n) is 5.21. The topological polar surface area (TPSA) is 131 Å². The van der Waals surface area contributed by atoms with Crippen molar-refractivity contribution in [2.75, 3.05) is 29.2 Å². The standard InChI is InChI=1S/C27H35N6O4S2/c1-16(2)10-18-11-22(23(13-21(18)28)37-17(3)4)31-26-25-20-7-6-19(12-24(20)38-27(25)30-14-29-26)33(34)32-8-5-9-39(35,36)15-32/h10-11,13-14,17,19H,5-9,12,15,28H2,1-4H3,(H,29,30,31)/q+1. The fourth-order valence-corrected chi connectivity index (χ4v) is 7.86. The fraction of sp³-hybridized carbons (Fsp3) is 0.481. The number of benzene rings is 1. The molecule has 0 saturated carbocycles. The lowest BCUT2D eigenvalue weighted by Gasteiger charge is -2.24. The van der Waals surface area contributed by atoms with Crippen LogP contribution in [0.15, 0.2) is 24.0 Å². The third-order valence-electron chi connectivity index (χ3n) is 6.87. The summed E-state index contributed by atoms with van der Waals surface area (Å²) in [6, 6.07) is 3.51. The monoisotopic (exact) mass is 571 g/mol. The van der Waals surface area contributed by atoms with Crippen LogP contribution in [0.5, 0.6) is 5.75 Å². The molecule has 5 rings (SSSR count). The molecule has 2 aromatic heterocycles. The van der Waals surface area contributed by atoms with Crippen molar-refractivity contribution in [1.29, 1.82) is 0 Å². The maximum absolute atomic E-state index is 13.1. The number of nitrogens with zero attached hydrogens (tertiary/aromatic N) is 4. The van der Waals surface area contributed by atoms with Crippen molar-refractivity contribution in [2.45, 2.75) is 65.5 Å². The average molecular weight is 572 g/mol. The van der Waals surface area contributed by atoms with Gasteiger partial charge in [0.25, 0.3) is 0 Å². The number of ether oxygens (including phenoxy) is 1. The Morgan fingerprint density at radius 2 is 2.10 bits per heavy atom. The maximum Gasteiger partial charge on any atom is 0.239 e. The van der Waals surface area contributed by atoms with E-state index in [9.17, 15) is 13.3 Å². The highest BCUT2D eigenvalue weighted by atomic mass is 32.2. The number of rotatable bonds is 7. The van der Waals surface area contributed by atoms with Gasteiger partial charge in [-0.25, -0.2) is 18.4 Å². The number of allylic oxidation sites excluding steroid dienone is 1. The highest BCUT2D eigenvalue weighted by Gasteiger charge is 2.40. The maximum atomic E-state index is 13.1. The third kappa shape index (κ3) is 5.86. The van der Waals surface area contributed by atoms with Gasteiger partial charge in [0, 0.05) is 23.1 Å². The zero-order valence-electron chi connectivity index (χ0n) is 22.7. The molecule has 1 fully saturated rings. The van der Waals surface area contributed by atoms with E-state index in [2.05, 4.69) is 15.3 Å². The molecular weight excluding hydrogens is 536 g/mol. The second-order valence-corrected chi connectivity index (χ2v) is 14.0. The van der Waals surface area contributed by atoms with E-state index in [1.54, 1.807) is 17.7 Å². The minimum Gasteiger partial charge on any atom is -0.489 e. The van der Waals surface area contributed by atoms with Crippen molar-refractivity contribution in [3.63, 3.8) is 0 Å². The van der Waals surface area contributed by atoms with Crippen molar-refractivity contribution >= 4 is 54.7 Å². The summed E-state index contributed by atoms with van der Waals surface area (Å²) in [4.78, 5) is 25.1. The van der Waals surface area contributed by atoms with Crippen LogP contribution in [0.3, 0.4) is 0 Å². The van der Waals surface area contributed by atoms with Crippen LogP contribution >= 0.6 is 11.3 Å². The van der Waals surface area contributed by atoms with Crippen LogP contribution in [0, 0.1) is 4.91 Å². The second-order valence-electron chi connectivity index (χ2n) is 10.8. The van der Waals surface area contributed by atoms with Crippen molar-refractivity contribution < 1.29 is 18.0 Å². The van der Waals surface area contributed by atoms with Gasteiger partial charge >= 0.3 is 0 Å². The lowest BCUT2D eigenvalue weighted by molar-refractivity contribution is -0.733.